The Morgan fingerprint density at radius 2 is 1.65 bits per heavy atom. The van der Waals surface area contributed by atoms with Crippen LogP contribution in [0.15, 0.2) is 60.7 Å². The second kappa shape index (κ2) is 9.78. The van der Waals surface area contributed by atoms with Gasteiger partial charge in [0.15, 0.2) is 11.9 Å². The molecule has 0 radical (unpaired) electrons. The van der Waals surface area contributed by atoms with E-state index in [9.17, 15) is 22.8 Å². The molecule has 3 aromatic carbocycles. The molecule has 192 valence electrons. The van der Waals surface area contributed by atoms with Crippen LogP contribution in [0.3, 0.4) is 0 Å². The van der Waals surface area contributed by atoms with Crippen molar-refractivity contribution in [2.45, 2.75) is 26.3 Å². The number of alkyl halides is 3. The summed E-state index contributed by atoms with van der Waals surface area (Å²) in [6.45, 7) is 2.80. The van der Waals surface area contributed by atoms with Gasteiger partial charge in [-0.15, -0.1) is 13.2 Å². The minimum atomic E-state index is -4.98. The number of ether oxygens (including phenoxy) is 2. The number of rotatable bonds is 7. The van der Waals surface area contributed by atoms with Crippen molar-refractivity contribution in [1.29, 1.82) is 0 Å². The van der Waals surface area contributed by atoms with Crippen molar-refractivity contribution in [3.8, 4) is 17.2 Å². The van der Waals surface area contributed by atoms with Crippen LogP contribution >= 0.6 is 11.6 Å². The van der Waals surface area contributed by atoms with Gasteiger partial charge in [0.1, 0.15) is 17.3 Å². The Morgan fingerprint density at radius 3 is 2.27 bits per heavy atom. The summed E-state index contributed by atoms with van der Waals surface area (Å²) >= 11 is 5.92. The number of hydrogen-bond donors (Lipinski definition) is 1. The summed E-state index contributed by atoms with van der Waals surface area (Å²) in [6, 6.07) is 12.9. The summed E-state index contributed by atoms with van der Waals surface area (Å²) < 4.78 is 64.5. The molecule has 0 aliphatic heterocycles. The van der Waals surface area contributed by atoms with Crippen molar-refractivity contribution in [2.75, 3.05) is 0 Å². The maximum absolute atomic E-state index is 15.1. The Morgan fingerprint density at radius 1 is 1.00 bits per heavy atom. The van der Waals surface area contributed by atoms with Crippen molar-refractivity contribution in [3.05, 3.63) is 88.3 Å². The predicted molar refractivity (Wildman–Crippen MR) is 127 cm³/mol. The van der Waals surface area contributed by atoms with Gasteiger partial charge in [0.05, 0.1) is 16.8 Å². The molecule has 37 heavy (non-hydrogen) atoms. The molecular formula is C26H18ClF4NO5. The molecule has 0 spiro atoms. The number of benzene rings is 3. The fourth-order valence-electron chi connectivity index (χ4n) is 3.93. The van der Waals surface area contributed by atoms with Crippen LogP contribution in [0.4, 0.5) is 17.6 Å². The van der Waals surface area contributed by atoms with Gasteiger partial charge < -0.3 is 19.1 Å². The number of carboxylic acid groups (broad SMARTS) is 1. The van der Waals surface area contributed by atoms with Crippen LogP contribution in [-0.2, 0) is 4.79 Å². The van der Waals surface area contributed by atoms with Crippen molar-refractivity contribution in [3.63, 3.8) is 0 Å². The number of carbonyl (C=O) groups is 2. The van der Waals surface area contributed by atoms with Crippen molar-refractivity contribution in [1.82, 2.24) is 4.57 Å². The van der Waals surface area contributed by atoms with Gasteiger partial charge in [0, 0.05) is 33.8 Å². The maximum atomic E-state index is 15.1. The van der Waals surface area contributed by atoms with Crippen LogP contribution in [0.25, 0.3) is 16.6 Å². The summed E-state index contributed by atoms with van der Waals surface area (Å²) in [5, 5.41) is 9.78. The second-order valence-corrected chi connectivity index (χ2v) is 8.51. The summed E-state index contributed by atoms with van der Waals surface area (Å²) in [7, 11) is 0. The van der Waals surface area contributed by atoms with E-state index in [0.29, 0.717) is 5.02 Å². The number of ketones is 1. The van der Waals surface area contributed by atoms with Crippen LogP contribution < -0.4 is 9.47 Å². The lowest BCUT2D eigenvalue weighted by Gasteiger charge is -2.15. The number of fused-ring (bicyclic) bond motifs is 1. The van der Waals surface area contributed by atoms with Gasteiger partial charge in [-0.2, -0.15) is 0 Å². The molecule has 0 aliphatic carbocycles. The second-order valence-electron chi connectivity index (χ2n) is 8.07. The number of carboxylic acids is 1. The van der Waals surface area contributed by atoms with Crippen LogP contribution in [-0.4, -0.2) is 33.9 Å². The average Bonchev–Trinajstić information content (AvgIpc) is 3.10. The summed E-state index contributed by atoms with van der Waals surface area (Å²) in [4.78, 5) is 24.7. The predicted octanol–water partition coefficient (Wildman–Crippen LogP) is 6.71. The number of halogens is 5. The smallest absolute Gasteiger partial charge is 0.479 e. The zero-order valence-electron chi connectivity index (χ0n) is 19.3. The molecule has 0 unspecified atom stereocenters. The van der Waals surface area contributed by atoms with Crippen LogP contribution in [0, 0.1) is 12.7 Å². The lowest BCUT2D eigenvalue weighted by atomic mass is 10.0. The van der Waals surface area contributed by atoms with E-state index < -0.39 is 35.8 Å². The largest absolute Gasteiger partial charge is 0.573 e. The first-order valence-corrected chi connectivity index (χ1v) is 11.1. The monoisotopic (exact) mass is 535 g/mol. The lowest BCUT2D eigenvalue weighted by molar-refractivity contribution is -0.274. The molecule has 0 saturated carbocycles. The van der Waals surface area contributed by atoms with Gasteiger partial charge in [0.2, 0.25) is 0 Å². The van der Waals surface area contributed by atoms with E-state index in [1.165, 1.54) is 60.9 Å². The summed E-state index contributed by atoms with van der Waals surface area (Å²) in [6.07, 6.45) is -6.23. The van der Waals surface area contributed by atoms with E-state index in [1.54, 1.807) is 0 Å². The Bertz CT molecular complexity index is 1510. The fourth-order valence-corrected chi connectivity index (χ4v) is 4.05. The van der Waals surface area contributed by atoms with Crippen molar-refractivity contribution >= 4 is 34.3 Å². The van der Waals surface area contributed by atoms with Crippen LogP contribution in [0.5, 0.6) is 11.5 Å². The molecule has 11 heteroatoms. The molecule has 6 nitrogen and oxygen atoms in total. The Hall–Kier alpha value is -4.05. The number of aliphatic carboxylic acids is 1. The van der Waals surface area contributed by atoms with Gasteiger partial charge in [-0.05, 0) is 62.4 Å². The van der Waals surface area contributed by atoms with Gasteiger partial charge in [-0.1, -0.05) is 11.6 Å². The minimum Gasteiger partial charge on any atom is -0.479 e. The number of carbonyl (C=O) groups excluding carboxylic acids is 1. The fraction of sp³-hybridized carbons (Fsp3) is 0.154. The molecule has 1 N–H and O–H groups in total. The quantitative estimate of drug-likeness (QED) is 0.210. The van der Waals surface area contributed by atoms with E-state index in [-0.39, 0.29) is 39.2 Å². The van der Waals surface area contributed by atoms with E-state index in [4.69, 9.17) is 21.4 Å². The topological polar surface area (TPSA) is 77.8 Å². The Kier molecular flexibility index (Phi) is 6.88. The summed E-state index contributed by atoms with van der Waals surface area (Å²) in [5.74, 6) is -3.08. The first-order chi connectivity index (χ1) is 17.4. The summed E-state index contributed by atoms with van der Waals surface area (Å²) in [5.41, 5.74) is 0.493. The van der Waals surface area contributed by atoms with E-state index in [0.717, 1.165) is 18.2 Å². The molecule has 0 bridgehead atoms. The third-order valence-corrected chi connectivity index (χ3v) is 5.81. The minimum absolute atomic E-state index is 0.000763. The highest BCUT2D eigenvalue weighted by atomic mass is 35.5. The van der Waals surface area contributed by atoms with Gasteiger partial charge >= 0.3 is 12.3 Å². The standard InChI is InChI=1S/C26H18ClF4NO5/c1-13-23(24(33)15-3-5-16(27)6-4-15)19-9-7-18(37-26(29,30)31)12-21(19)32(13)22-11-17(8-10-20(22)28)36-14(2)25(34)35/h3-12,14H,1-2H3,(H,34,35)/t14-/m0/s1. The van der Waals surface area contributed by atoms with Gasteiger partial charge in [-0.25, -0.2) is 9.18 Å². The molecule has 1 aromatic heterocycles. The van der Waals surface area contributed by atoms with Crippen LogP contribution in [0.2, 0.25) is 5.02 Å². The zero-order chi connectivity index (χ0) is 27.1. The highest BCUT2D eigenvalue weighted by Crippen LogP contribution is 2.36. The maximum Gasteiger partial charge on any atom is 0.573 e. The van der Waals surface area contributed by atoms with Crippen LogP contribution in [0.1, 0.15) is 28.5 Å². The molecule has 1 heterocycles. The van der Waals surface area contributed by atoms with Crippen molar-refractivity contribution in [2.24, 2.45) is 0 Å². The third-order valence-electron chi connectivity index (χ3n) is 5.56. The highest BCUT2D eigenvalue weighted by Gasteiger charge is 2.32. The van der Waals surface area contributed by atoms with E-state index in [2.05, 4.69) is 4.74 Å². The molecule has 0 aliphatic rings. The molecular weight excluding hydrogens is 518 g/mol. The van der Waals surface area contributed by atoms with Gasteiger partial charge in [-0.3, -0.25) is 4.79 Å². The van der Waals surface area contributed by atoms with Gasteiger partial charge in [0.25, 0.3) is 0 Å². The van der Waals surface area contributed by atoms with E-state index >= 15 is 4.39 Å². The first kappa shape index (κ1) is 26.0. The SMILES string of the molecule is Cc1c(C(=O)c2ccc(Cl)cc2)c2ccc(OC(F)(F)F)cc2n1-c1cc(O[C@@H](C)C(=O)O)ccc1F. The number of nitrogens with zero attached hydrogens (tertiary/aromatic N) is 1. The Balaban J connectivity index is 1.96. The molecule has 1 atom stereocenters. The highest BCUT2D eigenvalue weighted by molar-refractivity contribution is 6.30. The molecule has 0 saturated heterocycles. The molecule has 0 fully saturated rings. The normalized spacial score (nSPS) is 12.4. The van der Waals surface area contributed by atoms with E-state index in [1.807, 2.05) is 0 Å². The molecule has 0 amide bonds. The first-order valence-electron chi connectivity index (χ1n) is 10.8. The number of hydrogen-bond acceptors (Lipinski definition) is 4. The molecule has 4 rings (SSSR count). The molecule has 4 aromatic rings. The average molecular weight is 536 g/mol. The number of aromatic nitrogens is 1. The van der Waals surface area contributed by atoms with Crippen molar-refractivity contribution < 1.29 is 41.7 Å². The third kappa shape index (κ3) is 5.39. The zero-order valence-corrected chi connectivity index (χ0v) is 20.0. The lowest BCUT2D eigenvalue weighted by Crippen LogP contribution is -2.23. The Labute approximate surface area is 212 Å².